The van der Waals surface area contributed by atoms with Crippen LogP contribution in [0.1, 0.15) is 44.7 Å². The average molecular weight is 250 g/mol. The normalized spacial score (nSPS) is 14.0. The van der Waals surface area contributed by atoms with Gasteiger partial charge in [-0.3, -0.25) is 9.59 Å². The van der Waals surface area contributed by atoms with E-state index >= 15 is 0 Å². The molecule has 0 unspecified atom stereocenters. The molecule has 1 aliphatic rings. The first-order chi connectivity index (χ1) is 9.25. The van der Waals surface area contributed by atoms with E-state index in [9.17, 15) is 9.59 Å². The van der Waals surface area contributed by atoms with E-state index in [1.165, 1.54) is 0 Å². The fraction of sp³-hybridized carbons (Fsp3) is 0.176. The second kappa shape index (κ2) is 4.81. The van der Waals surface area contributed by atoms with Gasteiger partial charge in [-0.25, -0.2) is 0 Å². The molecule has 2 aromatic carbocycles. The number of carbonyl (C=O) groups excluding carboxylic acids is 2. The fourth-order valence-electron chi connectivity index (χ4n) is 2.54. The van der Waals surface area contributed by atoms with Crippen molar-refractivity contribution in [3.63, 3.8) is 0 Å². The highest BCUT2D eigenvalue weighted by Crippen LogP contribution is 2.23. The first kappa shape index (κ1) is 11.8. The van der Waals surface area contributed by atoms with E-state index in [2.05, 4.69) is 0 Å². The summed E-state index contributed by atoms with van der Waals surface area (Å²) in [7, 11) is 0. The summed E-state index contributed by atoms with van der Waals surface area (Å²) in [5.74, 6) is 0.210. The van der Waals surface area contributed by atoms with Crippen molar-refractivity contribution in [1.82, 2.24) is 0 Å². The van der Waals surface area contributed by atoms with Crippen LogP contribution in [0.15, 0.2) is 48.5 Å². The minimum Gasteiger partial charge on any atom is -0.294 e. The first-order valence-electron chi connectivity index (χ1n) is 6.51. The summed E-state index contributed by atoms with van der Waals surface area (Å²) >= 11 is 0. The summed E-state index contributed by atoms with van der Waals surface area (Å²) in [6, 6.07) is 14.7. The van der Waals surface area contributed by atoms with Crippen molar-refractivity contribution in [3.05, 3.63) is 70.8 Å². The van der Waals surface area contributed by atoms with Gasteiger partial charge < -0.3 is 0 Å². The first-order valence-corrected chi connectivity index (χ1v) is 6.51. The molecule has 3 rings (SSSR count). The molecule has 0 saturated carbocycles. The molecular weight excluding hydrogens is 236 g/mol. The van der Waals surface area contributed by atoms with Crippen LogP contribution in [-0.4, -0.2) is 11.6 Å². The van der Waals surface area contributed by atoms with E-state index in [0.29, 0.717) is 17.5 Å². The summed E-state index contributed by atoms with van der Waals surface area (Å²) in [6.07, 6.45) is 2.39. The molecule has 0 spiro atoms. The van der Waals surface area contributed by atoms with E-state index in [4.69, 9.17) is 0 Å². The number of benzene rings is 2. The zero-order chi connectivity index (χ0) is 13.2. The van der Waals surface area contributed by atoms with Crippen LogP contribution in [-0.2, 0) is 6.42 Å². The largest absolute Gasteiger partial charge is 0.294 e. The van der Waals surface area contributed by atoms with E-state index in [-0.39, 0.29) is 11.6 Å². The van der Waals surface area contributed by atoms with Gasteiger partial charge >= 0.3 is 0 Å². The van der Waals surface area contributed by atoms with E-state index in [1.54, 1.807) is 12.1 Å². The Bertz CT molecular complexity index is 642. The summed E-state index contributed by atoms with van der Waals surface area (Å²) in [4.78, 5) is 24.1. The van der Waals surface area contributed by atoms with Crippen LogP contribution < -0.4 is 0 Å². The second-order valence-electron chi connectivity index (χ2n) is 4.84. The van der Waals surface area contributed by atoms with Gasteiger partial charge in [-0.1, -0.05) is 42.5 Å². The summed E-state index contributed by atoms with van der Waals surface area (Å²) in [6.45, 7) is 0. The lowest BCUT2D eigenvalue weighted by molar-refractivity contribution is 0.0970. The molecule has 19 heavy (non-hydrogen) atoms. The van der Waals surface area contributed by atoms with Crippen molar-refractivity contribution in [2.45, 2.75) is 19.3 Å². The molecule has 0 aliphatic heterocycles. The van der Waals surface area contributed by atoms with Crippen molar-refractivity contribution in [1.29, 1.82) is 0 Å². The number of ketones is 2. The Morgan fingerprint density at radius 2 is 1.68 bits per heavy atom. The number of Topliss-reactive ketones (excluding diaryl/α,β-unsaturated/α-hetero) is 1. The molecule has 2 nitrogen and oxygen atoms in total. The van der Waals surface area contributed by atoms with Crippen LogP contribution in [0.4, 0.5) is 0 Å². The second-order valence-corrected chi connectivity index (χ2v) is 4.84. The lowest BCUT2D eigenvalue weighted by Crippen LogP contribution is -2.12. The Labute approximate surface area is 112 Å². The van der Waals surface area contributed by atoms with Crippen LogP contribution in [0, 0.1) is 0 Å². The van der Waals surface area contributed by atoms with Crippen LogP contribution in [0.5, 0.6) is 0 Å². The quantitative estimate of drug-likeness (QED) is 0.765. The van der Waals surface area contributed by atoms with Gasteiger partial charge in [0.05, 0.1) is 0 Å². The predicted molar refractivity (Wildman–Crippen MR) is 73.6 cm³/mol. The van der Waals surface area contributed by atoms with Gasteiger partial charge in [0.15, 0.2) is 11.6 Å². The highest BCUT2D eigenvalue weighted by molar-refractivity contribution is 6.10. The summed E-state index contributed by atoms with van der Waals surface area (Å²) in [5, 5.41) is 0. The van der Waals surface area contributed by atoms with Gasteiger partial charge in [-0.2, -0.15) is 0 Å². The van der Waals surface area contributed by atoms with E-state index < -0.39 is 0 Å². The van der Waals surface area contributed by atoms with Gasteiger partial charge in [0.2, 0.25) is 0 Å². The number of fused-ring (bicyclic) bond motifs is 1. The number of hydrogen-bond donors (Lipinski definition) is 0. The molecule has 0 N–H and O–H groups in total. The highest BCUT2D eigenvalue weighted by Gasteiger charge is 2.18. The number of carbonyl (C=O) groups is 2. The van der Waals surface area contributed by atoms with E-state index in [1.807, 2.05) is 36.4 Å². The van der Waals surface area contributed by atoms with Crippen molar-refractivity contribution < 1.29 is 9.59 Å². The van der Waals surface area contributed by atoms with Crippen molar-refractivity contribution >= 4 is 11.6 Å². The zero-order valence-corrected chi connectivity index (χ0v) is 10.6. The molecule has 2 heteroatoms. The highest BCUT2D eigenvalue weighted by atomic mass is 16.1. The summed E-state index contributed by atoms with van der Waals surface area (Å²) < 4.78 is 0. The third-order valence-corrected chi connectivity index (χ3v) is 3.55. The number of rotatable bonds is 2. The Balaban J connectivity index is 1.99. The maximum Gasteiger partial charge on any atom is 0.193 e. The Morgan fingerprint density at radius 3 is 2.47 bits per heavy atom. The maximum atomic E-state index is 12.3. The van der Waals surface area contributed by atoms with Crippen LogP contribution in [0.2, 0.25) is 0 Å². The SMILES string of the molecule is O=C(c1ccccc1)c1ccc2c(c1)CCCC2=O. The molecule has 1 aliphatic carbocycles. The monoisotopic (exact) mass is 250 g/mol. The van der Waals surface area contributed by atoms with Gasteiger partial charge in [0, 0.05) is 23.1 Å². The van der Waals surface area contributed by atoms with Crippen molar-refractivity contribution in [2.75, 3.05) is 0 Å². The molecule has 94 valence electrons. The van der Waals surface area contributed by atoms with Gasteiger partial charge in [-0.15, -0.1) is 0 Å². The molecule has 0 fully saturated rings. The van der Waals surface area contributed by atoms with Crippen molar-refractivity contribution in [3.8, 4) is 0 Å². The molecule has 0 amide bonds. The molecule has 2 aromatic rings. The van der Waals surface area contributed by atoms with Gasteiger partial charge in [-0.05, 0) is 24.5 Å². The Kier molecular flexibility index (Phi) is 3.00. The minimum absolute atomic E-state index is 0.0152. The minimum atomic E-state index is 0.0152. The maximum absolute atomic E-state index is 12.3. The van der Waals surface area contributed by atoms with Crippen LogP contribution in [0.25, 0.3) is 0 Å². The standard InChI is InChI=1S/C17H14O2/c18-16-8-4-7-13-11-14(9-10-15(13)16)17(19)12-5-2-1-3-6-12/h1-3,5-6,9-11H,4,7-8H2. The fourth-order valence-corrected chi connectivity index (χ4v) is 2.54. The topological polar surface area (TPSA) is 34.1 Å². The third-order valence-electron chi connectivity index (χ3n) is 3.55. The lowest BCUT2D eigenvalue weighted by Gasteiger charge is -2.15. The molecule has 0 atom stereocenters. The van der Waals surface area contributed by atoms with Gasteiger partial charge in [0.25, 0.3) is 0 Å². The average Bonchev–Trinajstić information content (AvgIpc) is 2.47. The zero-order valence-electron chi connectivity index (χ0n) is 10.6. The molecule has 0 saturated heterocycles. The number of hydrogen-bond acceptors (Lipinski definition) is 2. The van der Waals surface area contributed by atoms with Crippen LogP contribution >= 0.6 is 0 Å². The lowest BCUT2D eigenvalue weighted by atomic mass is 9.88. The molecule has 0 heterocycles. The molecule has 0 aromatic heterocycles. The Morgan fingerprint density at radius 1 is 0.895 bits per heavy atom. The summed E-state index contributed by atoms with van der Waals surface area (Å²) in [5.41, 5.74) is 3.15. The molecule has 0 bridgehead atoms. The predicted octanol–water partition coefficient (Wildman–Crippen LogP) is 3.44. The molecular formula is C17H14O2. The Hall–Kier alpha value is -2.22. The third kappa shape index (κ3) is 2.22. The van der Waals surface area contributed by atoms with Crippen molar-refractivity contribution in [2.24, 2.45) is 0 Å². The number of aryl methyl sites for hydroxylation is 1. The van der Waals surface area contributed by atoms with Crippen LogP contribution in [0.3, 0.4) is 0 Å². The van der Waals surface area contributed by atoms with Gasteiger partial charge in [0.1, 0.15) is 0 Å². The molecule has 0 radical (unpaired) electrons. The smallest absolute Gasteiger partial charge is 0.193 e. The van der Waals surface area contributed by atoms with E-state index in [0.717, 1.165) is 24.0 Å².